The van der Waals surface area contributed by atoms with Crippen LogP contribution in [0.3, 0.4) is 0 Å². The SMILES string of the molecule is Cc1cc(N2C(=S)NC(c3ccccn3)C2c2ccn(C(C)C)c2)ccc1NC(=O)C(C)C. The fourth-order valence-electron chi connectivity index (χ4n) is 4.11. The van der Waals surface area contributed by atoms with Crippen LogP contribution in [0.2, 0.25) is 0 Å². The molecule has 1 aromatic carbocycles. The topological polar surface area (TPSA) is 62.2 Å². The number of hydrogen-bond acceptors (Lipinski definition) is 3. The van der Waals surface area contributed by atoms with E-state index in [1.165, 1.54) is 5.56 Å². The number of carbonyl (C=O) groups is 1. The molecule has 2 atom stereocenters. The van der Waals surface area contributed by atoms with E-state index in [0.29, 0.717) is 11.2 Å². The highest BCUT2D eigenvalue weighted by Gasteiger charge is 2.41. The minimum atomic E-state index is -0.0812. The lowest BCUT2D eigenvalue weighted by Gasteiger charge is -2.28. The van der Waals surface area contributed by atoms with Crippen molar-refractivity contribution in [2.75, 3.05) is 10.2 Å². The summed E-state index contributed by atoms with van der Waals surface area (Å²) >= 11 is 5.83. The number of aromatic nitrogens is 2. The zero-order valence-electron chi connectivity index (χ0n) is 19.7. The first-order valence-corrected chi connectivity index (χ1v) is 11.8. The van der Waals surface area contributed by atoms with Crippen LogP contribution in [-0.4, -0.2) is 20.6 Å². The molecule has 6 nitrogen and oxygen atoms in total. The number of thiocarbonyl (C=S) groups is 1. The Morgan fingerprint density at radius 1 is 1.15 bits per heavy atom. The Labute approximate surface area is 201 Å². The van der Waals surface area contributed by atoms with Crippen LogP contribution in [0.25, 0.3) is 0 Å². The van der Waals surface area contributed by atoms with Crippen molar-refractivity contribution >= 4 is 34.6 Å². The second-order valence-electron chi connectivity index (χ2n) is 9.13. The largest absolute Gasteiger partial charge is 0.351 e. The molecule has 33 heavy (non-hydrogen) atoms. The quantitative estimate of drug-likeness (QED) is 0.472. The Morgan fingerprint density at radius 2 is 1.94 bits per heavy atom. The standard InChI is InChI=1S/C26H31N5OS/c1-16(2)25(32)28-21-10-9-20(14-18(21)5)31-24(19-11-13-30(15-19)17(3)4)23(29-26(31)33)22-8-6-7-12-27-22/h6-17,23-24H,1-5H3,(H,28,32)(H,29,33). The first-order chi connectivity index (χ1) is 15.8. The van der Waals surface area contributed by atoms with Gasteiger partial charge in [-0.05, 0) is 80.5 Å². The lowest BCUT2D eigenvalue weighted by Crippen LogP contribution is -2.29. The maximum absolute atomic E-state index is 12.2. The van der Waals surface area contributed by atoms with Gasteiger partial charge in [-0.2, -0.15) is 0 Å². The second kappa shape index (κ2) is 9.35. The third-order valence-electron chi connectivity index (χ3n) is 6.04. The number of anilines is 2. The molecule has 1 fully saturated rings. The summed E-state index contributed by atoms with van der Waals surface area (Å²) in [6.07, 6.45) is 6.12. The predicted molar refractivity (Wildman–Crippen MR) is 137 cm³/mol. The van der Waals surface area contributed by atoms with Crippen LogP contribution >= 0.6 is 12.2 Å². The number of aryl methyl sites for hydroxylation is 1. The Morgan fingerprint density at radius 3 is 2.55 bits per heavy atom. The number of hydrogen-bond donors (Lipinski definition) is 2. The van der Waals surface area contributed by atoms with Crippen molar-refractivity contribution in [3.8, 4) is 0 Å². The molecule has 2 unspecified atom stereocenters. The zero-order chi connectivity index (χ0) is 23.7. The molecule has 1 saturated heterocycles. The van der Waals surface area contributed by atoms with Crippen molar-refractivity contribution in [2.24, 2.45) is 5.92 Å². The highest BCUT2D eigenvalue weighted by molar-refractivity contribution is 7.80. The van der Waals surface area contributed by atoms with E-state index in [9.17, 15) is 4.79 Å². The number of nitrogens with zero attached hydrogens (tertiary/aromatic N) is 3. The van der Waals surface area contributed by atoms with Crippen LogP contribution in [0.4, 0.5) is 11.4 Å². The zero-order valence-corrected chi connectivity index (χ0v) is 20.6. The van der Waals surface area contributed by atoms with Crippen LogP contribution in [0, 0.1) is 12.8 Å². The second-order valence-corrected chi connectivity index (χ2v) is 9.51. The lowest BCUT2D eigenvalue weighted by atomic mass is 9.98. The molecule has 1 amide bonds. The van der Waals surface area contributed by atoms with E-state index in [1.54, 1.807) is 0 Å². The molecular formula is C26H31N5OS. The van der Waals surface area contributed by atoms with E-state index >= 15 is 0 Å². The summed E-state index contributed by atoms with van der Waals surface area (Å²) in [7, 11) is 0. The van der Waals surface area contributed by atoms with E-state index in [1.807, 2.05) is 57.3 Å². The van der Waals surface area contributed by atoms with Crippen LogP contribution < -0.4 is 15.5 Å². The van der Waals surface area contributed by atoms with Gasteiger partial charge in [0.05, 0.1) is 17.8 Å². The summed E-state index contributed by atoms with van der Waals surface area (Å²) in [5.41, 5.74) is 4.90. The van der Waals surface area contributed by atoms with E-state index in [-0.39, 0.29) is 23.9 Å². The van der Waals surface area contributed by atoms with Crippen molar-refractivity contribution < 1.29 is 4.79 Å². The Hall–Kier alpha value is -3.19. The normalized spacial score (nSPS) is 18.2. The molecule has 172 valence electrons. The summed E-state index contributed by atoms with van der Waals surface area (Å²) < 4.78 is 2.21. The molecule has 4 rings (SSSR count). The Balaban J connectivity index is 1.74. The molecule has 2 aromatic heterocycles. The van der Waals surface area contributed by atoms with Gasteiger partial charge >= 0.3 is 0 Å². The molecule has 1 aliphatic rings. The average Bonchev–Trinajstić information content (AvgIpc) is 3.40. The number of nitrogens with one attached hydrogen (secondary N) is 2. The van der Waals surface area contributed by atoms with Gasteiger partial charge in [0.15, 0.2) is 5.11 Å². The minimum Gasteiger partial charge on any atom is -0.351 e. The van der Waals surface area contributed by atoms with E-state index in [2.05, 4.69) is 63.5 Å². The third kappa shape index (κ3) is 4.64. The van der Waals surface area contributed by atoms with Crippen LogP contribution in [-0.2, 0) is 4.79 Å². The van der Waals surface area contributed by atoms with E-state index < -0.39 is 0 Å². The van der Waals surface area contributed by atoms with Crippen molar-refractivity contribution in [1.29, 1.82) is 0 Å². The van der Waals surface area contributed by atoms with Gasteiger partial charge in [0, 0.05) is 41.9 Å². The molecule has 0 radical (unpaired) electrons. The fraction of sp³-hybridized carbons (Fsp3) is 0.346. The van der Waals surface area contributed by atoms with Gasteiger partial charge in [-0.25, -0.2) is 0 Å². The minimum absolute atomic E-state index is 0.00678. The summed E-state index contributed by atoms with van der Waals surface area (Å²) in [6, 6.07) is 14.4. The van der Waals surface area contributed by atoms with Crippen LogP contribution in [0.15, 0.2) is 61.1 Å². The first kappa shape index (κ1) is 23.0. The Bertz CT molecular complexity index is 1150. The molecule has 3 aromatic rings. The summed E-state index contributed by atoms with van der Waals surface area (Å²) in [5.74, 6) is -0.0692. The van der Waals surface area contributed by atoms with Gasteiger partial charge < -0.3 is 20.1 Å². The molecule has 3 heterocycles. The van der Waals surface area contributed by atoms with Crippen molar-refractivity contribution in [1.82, 2.24) is 14.9 Å². The number of pyridine rings is 1. The maximum atomic E-state index is 12.2. The van der Waals surface area contributed by atoms with Gasteiger partial charge in [-0.3, -0.25) is 9.78 Å². The van der Waals surface area contributed by atoms with Gasteiger partial charge in [0.2, 0.25) is 5.91 Å². The van der Waals surface area contributed by atoms with Gasteiger partial charge in [0.25, 0.3) is 0 Å². The molecule has 0 saturated carbocycles. The third-order valence-corrected chi connectivity index (χ3v) is 6.36. The van der Waals surface area contributed by atoms with Gasteiger partial charge in [-0.1, -0.05) is 19.9 Å². The number of amides is 1. The molecule has 0 spiro atoms. The van der Waals surface area contributed by atoms with E-state index in [4.69, 9.17) is 12.2 Å². The highest BCUT2D eigenvalue weighted by atomic mass is 32.1. The molecule has 7 heteroatoms. The predicted octanol–water partition coefficient (Wildman–Crippen LogP) is 5.54. The van der Waals surface area contributed by atoms with E-state index in [0.717, 1.165) is 22.6 Å². The summed E-state index contributed by atoms with van der Waals surface area (Å²) in [4.78, 5) is 19.0. The van der Waals surface area contributed by atoms with Gasteiger partial charge in [0.1, 0.15) is 0 Å². The molecule has 1 aliphatic heterocycles. The summed E-state index contributed by atoms with van der Waals surface area (Å²) in [6.45, 7) is 10.1. The smallest absolute Gasteiger partial charge is 0.226 e. The maximum Gasteiger partial charge on any atom is 0.226 e. The first-order valence-electron chi connectivity index (χ1n) is 11.4. The fourth-order valence-corrected chi connectivity index (χ4v) is 4.46. The number of benzene rings is 1. The van der Waals surface area contributed by atoms with Crippen molar-refractivity contribution in [2.45, 2.75) is 52.7 Å². The summed E-state index contributed by atoms with van der Waals surface area (Å²) in [5, 5.41) is 7.17. The Kier molecular flexibility index (Phi) is 6.51. The molecular weight excluding hydrogens is 430 g/mol. The number of carbonyl (C=O) groups excluding carboxylic acids is 1. The molecule has 0 aliphatic carbocycles. The average molecular weight is 462 g/mol. The van der Waals surface area contributed by atoms with Crippen LogP contribution in [0.1, 0.15) is 62.6 Å². The monoisotopic (exact) mass is 461 g/mol. The van der Waals surface area contributed by atoms with Crippen molar-refractivity contribution in [3.05, 3.63) is 77.9 Å². The molecule has 0 bridgehead atoms. The van der Waals surface area contributed by atoms with Gasteiger partial charge in [-0.15, -0.1) is 0 Å². The van der Waals surface area contributed by atoms with Crippen LogP contribution in [0.5, 0.6) is 0 Å². The molecule has 2 N–H and O–H groups in total. The highest BCUT2D eigenvalue weighted by Crippen LogP contribution is 2.42. The van der Waals surface area contributed by atoms with Crippen molar-refractivity contribution in [3.63, 3.8) is 0 Å². The lowest BCUT2D eigenvalue weighted by molar-refractivity contribution is -0.118. The number of rotatable bonds is 6.